The highest BCUT2D eigenvalue weighted by molar-refractivity contribution is 5.98. The number of halogens is 3. The van der Waals surface area contributed by atoms with Gasteiger partial charge >= 0.3 is 6.18 Å². The number of hydrogen-bond donors (Lipinski definition) is 2. The lowest BCUT2D eigenvalue weighted by atomic mass is 10.1. The minimum absolute atomic E-state index is 0.0695. The van der Waals surface area contributed by atoms with E-state index in [-0.39, 0.29) is 6.21 Å². The number of carbonyl (C=O) groups is 1. The van der Waals surface area contributed by atoms with Crippen molar-refractivity contribution in [2.45, 2.75) is 13.1 Å². The maximum absolute atomic E-state index is 11.9. The van der Waals surface area contributed by atoms with E-state index in [1.54, 1.807) is 0 Å². The van der Waals surface area contributed by atoms with Crippen LogP contribution < -0.4 is 5.73 Å². The van der Waals surface area contributed by atoms with Gasteiger partial charge in [-0.15, -0.1) is 0 Å². The number of allylic oxidation sites excluding steroid dienone is 1. The van der Waals surface area contributed by atoms with Crippen molar-refractivity contribution in [3.63, 3.8) is 0 Å². The molecule has 0 saturated carbocycles. The SMILES string of the molecule is C/C(C(N)=O)=C(/C=N)C(F)(F)F. The highest BCUT2D eigenvalue weighted by Gasteiger charge is 2.34. The van der Waals surface area contributed by atoms with E-state index in [0.29, 0.717) is 0 Å². The van der Waals surface area contributed by atoms with Crippen LogP contribution in [0.1, 0.15) is 6.92 Å². The maximum atomic E-state index is 11.9. The summed E-state index contributed by atoms with van der Waals surface area (Å²) in [5, 5.41) is 6.43. The van der Waals surface area contributed by atoms with Crippen molar-refractivity contribution in [2.24, 2.45) is 5.73 Å². The number of primary amides is 1. The zero-order chi connectivity index (χ0) is 9.94. The Labute approximate surface area is 66.6 Å². The van der Waals surface area contributed by atoms with Crippen LogP contribution in [0.25, 0.3) is 0 Å². The summed E-state index contributed by atoms with van der Waals surface area (Å²) in [6, 6.07) is 0. The first-order valence-corrected chi connectivity index (χ1v) is 2.89. The molecule has 0 fully saturated rings. The summed E-state index contributed by atoms with van der Waals surface area (Å²) in [4.78, 5) is 10.3. The normalized spacial score (nSPS) is 13.7. The van der Waals surface area contributed by atoms with Crippen LogP contribution in [0, 0.1) is 5.41 Å². The van der Waals surface area contributed by atoms with Crippen molar-refractivity contribution in [1.82, 2.24) is 0 Å². The van der Waals surface area contributed by atoms with Crippen molar-refractivity contribution in [1.29, 1.82) is 5.41 Å². The van der Waals surface area contributed by atoms with Crippen molar-refractivity contribution < 1.29 is 18.0 Å². The van der Waals surface area contributed by atoms with E-state index in [1.807, 2.05) is 0 Å². The third kappa shape index (κ3) is 2.37. The minimum Gasteiger partial charge on any atom is -0.366 e. The second-order valence-electron chi connectivity index (χ2n) is 2.05. The number of amides is 1. The molecule has 0 rings (SSSR count). The van der Waals surface area contributed by atoms with Gasteiger partial charge in [-0.1, -0.05) is 0 Å². The Balaban J connectivity index is 5.14. The van der Waals surface area contributed by atoms with Crippen molar-refractivity contribution in [3.8, 4) is 0 Å². The van der Waals surface area contributed by atoms with E-state index in [0.717, 1.165) is 6.92 Å². The first-order valence-electron chi connectivity index (χ1n) is 2.89. The third-order valence-electron chi connectivity index (χ3n) is 1.22. The van der Waals surface area contributed by atoms with Crippen LogP contribution in [-0.2, 0) is 4.79 Å². The van der Waals surface area contributed by atoms with Gasteiger partial charge in [-0.2, -0.15) is 13.2 Å². The molecule has 0 aliphatic heterocycles. The van der Waals surface area contributed by atoms with Crippen LogP contribution in [0.5, 0.6) is 0 Å². The van der Waals surface area contributed by atoms with Gasteiger partial charge in [-0.3, -0.25) is 4.79 Å². The van der Waals surface area contributed by atoms with Crippen molar-refractivity contribution >= 4 is 12.1 Å². The van der Waals surface area contributed by atoms with Gasteiger partial charge in [-0.05, 0) is 6.92 Å². The summed E-state index contributed by atoms with van der Waals surface area (Å²) in [5.41, 5.74) is 2.64. The molecular weight excluding hydrogens is 173 g/mol. The zero-order valence-corrected chi connectivity index (χ0v) is 6.20. The summed E-state index contributed by atoms with van der Waals surface area (Å²) >= 11 is 0. The quantitative estimate of drug-likeness (QED) is 0.483. The van der Waals surface area contributed by atoms with Gasteiger partial charge in [0.2, 0.25) is 5.91 Å². The lowest BCUT2D eigenvalue weighted by Gasteiger charge is -2.08. The fourth-order valence-corrected chi connectivity index (χ4v) is 0.535. The maximum Gasteiger partial charge on any atom is 0.418 e. The molecule has 0 aromatic heterocycles. The molecule has 0 aliphatic rings. The molecule has 1 amide bonds. The monoisotopic (exact) mass is 180 g/mol. The summed E-state index contributed by atoms with van der Waals surface area (Å²) < 4.78 is 35.7. The predicted molar refractivity (Wildman–Crippen MR) is 36.7 cm³/mol. The fraction of sp³-hybridized carbons (Fsp3) is 0.333. The van der Waals surface area contributed by atoms with E-state index in [4.69, 9.17) is 5.41 Å². The van der Waals surface area contributed by atoms with Gasteiger partial charge in [0.1, 0.15) is 0 Å². The minimum atomic E-state index is -4.69. The molecule has 0 atom stereocenters. The van der Waals surface area contributed by atoms with Crippen LogP contribution in [0.15, 0.2) is 11.1 Å². The fourth-order valence-electron chi connectivity index (χ4n) is 0.535. The number of nitrogens with one attached hydrogen (secondary N) is 1. The van der Waals surface area contributed by atoms with Gasteiger partial charge in [0.05, 0.1) is 5.57 Å². The molecule has 0 saturated heterocycles. The molecule has 68 valence electrons. The lowest BCUT2D eigenvalue weighted by molar-refractivity contribution is -0.116. The first kappa shape index (κ1) is 10.7. The Bertz CT molecular complexity index is 242. The smallest absolute Gasteiger partial charge is 0.366 e. The second-order valence-corrected chi connectivity index (χ2v) is 2.05. The Morgan fingerprint density at radius 2 is 1.92 bits per heavy atom. The van der Waals surface area contributed by atoms with Crippen molar-refractivity contribution in [2.75, 3.05) is 0 Å². The highest BCUT2D eigenvalue weighted by atomic mass is 19.4. The molecule has 0 aromatic rings. The Kier molecular flexibility index (Phi) is 3.00. The predicted octanol–water partition coefficient (Wildman–Crippen LogP) is 1.00. The van der Waals surface area contributed by atoms with Gasteiger partial charge in [0.15, 0.2) is 0 Å². The molecular formula is C6H7F3N2O. The van der Waals surface area contributed by atoms with E-state index in [2.05, 4.69) is 5.73 Å². The summed E-state index contributed by atoms with van der Waals surface area (Å²) in [7, 11) is 0. The lowest BCUT2D eigenvalue weighted by Crippen LogP contribution is -2.21. The molecule has 0 radical (unpaired) electrons. The van der Waals surface area contributed by atoms with E-state index in [1.165, 1.54) is 0 Å². The molecule has 0 bridgehead atoms. The summed E-state index contributed by atoms with van der Waals surface area (Å²) in [6.07, 6.45) is -4.62. The average Bonchev–Trinajstić information content (AvgIpc) is 1.85. The summed E-state index contributed by atoms with van der Waals surface area (Å²) in [5.74, 6) is -1.18. The molecule has 0 aromatic carbocycles. The van der Waals surface area contributed by atoms with Gasteiger partial charge in [-0.25, -0.2) is 0 Å². The second kappa shape index (κ2) is 3.38. The average molecular weight is 180 g/mol. The molecule has 0 spiro atoms. The molecule has 0 aliphatic carbocycles. The largest absolute Gasteiger partial charge is 0.418 e. The number of rotatable bonds is 2. The molecule has 0 heterocycles. The van der Waals surface area contributed by atoms with Crippen LogP contribution in [0.3, 0.4) is 0 Å². The Morgan fingerprint density at radius 1 is 1.50 bits per heavy atom. The first-order chi connectivity index (χ1) is 5.30. The van der Waals surface area contributed by atoms with E-state index < -0.39 is 23.2 Å². The van der Waals surface area contributed by atoms with Crippen LogP contribution in [-0.4, -0.2) is 18.3 Å². The Hall–Kier alpha value is -1.33. The van der Waals surface area contributed by atoms with Gasteiger partial charge in [0, 0.05) is 11.8 Å². The third-order valence-corrected chi connectivity index (χ3v) is 1.22. The number of nitrogens with two attached hydrogens (primary N) is 1. The number of hydrogen-bond acceptors (Lipinski definition) is 2. The standard InChI is InChI=1S/C6H7F3N2O/c1-3(5(11)12)4(2-10)6(7,8)9/h2,10H,1H3,(H2,11,12)/b4-3+,10-2?. The van der Waals surface area contributed by atoms with Gasteiger partial charge in [0.25, 0.3) is 0 Å². The van der Waals surface area contributed by atoms with Crippen LogP contribution >= 0.6 is 0 Å². The number of carbonyl (C=O) groups excluding carboxylic acids is 1. The van der Waals surface area contributed by atoms with Crippen molar-refractivity contribution in [3.05, 3.63) is 11.1 Å². The zero-order valence-electron chi connectivity index (χ0n) is 6.20. The molecule has 0 unspecified atom stereocenters. The van der Waals surface area contributed by atoms with Crippen LogP contribution in [0.4, 0.5) is 13.2 Å². The van der Waals surface area contributed by atoms with Gasteiger partial charge < -0.3 is 11.1 Å². The Morgan fingerprint density at radius 3 is 2.00 bits per heavy atom. The van der Waals surface area contributed by atoms with Crippen LogP contribution in [0.2, 0.25) is 0 Å². The van der Waals surface area contributed by atoms with E-state index in [9.17, 15) is 18.0 Å². The topological polar surface area (TPSA) is 66.9 Å². The number of alkyl halides is 3. The molecule has 6 heteroatoms. The summed E-state index contributed by atoms with van der Waals surface area (Å²) in [6.45, 7) is 0.927. The molecule has 12 heavy (non-hydrogen) atoms. The molecule has 3 nitrogen and oxygen atoms in total. The van der Waals surface area contributed by atoms with E-state index >= 15 is 0 Å². The molecule has 3 N–H and O–H groups in total. The highest BCUT2D eigenvalue weighted by Crippen LogP contribution is 2.26.